The smallest absolute Gasteiger partial charge is 0.0731 e. The first-order valence-electron chi connectivity index (χ1n) is 7.73. The van der Waals surface area contributed by atoms with Gasteiger partial charge in [-0.1, -0.05) is 44.5 Å². The van der Waals surface area contributed by atoms with E-state index in [9.17, 15) is 0 Å². The minimum atomic E-state index is 0.297. The van der Waals surface area contributed by atoms with Gasteiger partial charge in [-0.25, -0.2) is 0 Å². The zero-order chi connectivity index (χ0) is 15.2. The van der Waals surface area contributed by atoms with E-state index in [1.807, 2.05) is 11.3 Å². The number of aryl methyl sites for hydroxylation is 2. The van der Waals surface area contributed by atoms with Gasteiger partial charge in [-0.3, -0.25) is 0 Å². The first-order valence-corrected chi connectivity index (χ1v) is 9.34. The van der Waals surface area contributed by atoms with Crippen LogP contribution in [0.1, 0.15) is 54.3 Å². The third kappa shape index (κ3) is 4.41. The van der Waals surface area contributed by atoms with Crippen LogP contribution < -0.4 is 5.32 Å². The van der Waals surface area contributed by atoms with Crippen LogP contribution in [0.25, 0.3) is 0 Å². The fourth-order valence-electron chi connectivity index (χ4n) is 2.47. The van der Waals surface area contributed by atoms with Gasteiger partial charge in [0.15, 0.2) is 0 Å². The van der Waals surface area contributed by atoms with Crippen LogP contribution in [0, 0.1) is 6.92 Å². The second-order valence-electron chi connectivity index (χ2n) is 5.44. The summed E-state index contributed by atoms with van der Waals surface area (Å²) in [7, 11) is 0. The highest BCUT2D eigenvalue weighted by atomic mass is 79.9. The largest absolute Gasteiger partial charge is 0.306 e. The lowest BCUT2D eigenvalue weighted by Gasteiger charge is -2.17. The zero-order valence-corrected chi connectivity index (χ0v) is 15.5. The molecule has 3 heteroatoms. The Hall–Kier alpha value is -0.640. The number of hydrogen-bond acceptors (Lipinski definition) is 2. The molecular weight excluding hydrogens is 342 g/mol. The van der Waals surface area contributed by atoms with Gasteiger partial charge in [0.05, 0.1) is 9.83 Å². The number of benzene rings is 1. The SMILES string of the molecule is CCCCc1ccc(C(NCC)c2cc(C)c(Br)s2)cc1. The van der Waals surface area contributed by atoms with Gasteiger partial charge in [0.1, 0.15) is 0 Å². The summed E-state index contributed by atoms with van der Waals surface area (Å²) in [5.41, 5.74) is 4.11. The molecule has 21 heavy (non-hydrogen) atoms. The molecule has 0 saturated heterocycles. The van der Waals surface area contributed by atoms with Gasteiger partial charge in [-0.05, 0) is 65.0 Å². The molecule has 1 aromatic heterocycles. The fraction of sp³-hybridized carbons (Fsp3) is 0.444. The predicted octanol–water partition coefficient (Wildman–Crippen LogP) is 5.86. The molecule has 0 bridgehead atoms. The maximum Gasteiger partial charge on any atom is 0.0731 e. The molecule has 1 N–H and O–H groups in total. The van der Waals surface area contributed by atoms with Gasteiger partial charge in [0.25, 0.3) is 0 Å². The lowest BCUT2D eigenvalue weighted by Crippen LogP contribution is -2.21. The Morgan fingerprint density at radius 1 is 1.19 bits per heavy atom. The van der Waals surface area contributed by atoms with E-state index in [4.69, 9.17) is 0 Å². The van der Waals surface area contributed by atoms with Crippen molar-refractivity contribution in [2.24, 2.45) is 0 Å². The number of halogens is 1. The summed E-state index contributed by atoms with van der Waals surface area (Å²) in [5.74, 6) is 0. The molecule has 0 aliphatic carbocycles. The lowest BCUT2D eigenvalue weighted by atomic mass is 10.0. The number of thiophene rings is 1. The van der Waals surface area contributed by atoms with Gasteiger partial charge in [-0.15, -0.1) is 11.3 Å². The van der Waals surface area contributed by atoms with E-state index in [0.29, 0.717) is 6.04 Å². The summed E-state index contributed by atoms with van der Waals surface area (Å²) in [4.78, 5) is 1.38. The van der Waals surface area contributed by atoms with Crippen molar-refractivity contribution in [1.82, 2.24) is 5.32 Å². The number of nitrogens with one attached hydrogen (secondary N) is 1. The summed E-state index contributed by atoms with van der Waals surface area (Å²) in [6.45, 7) is 7.53. The minimum absolute atomic E-state index is 0.297. The monoisotopic (exact) mass is 365 g/mol. The summed E-state index contributed by atoms with van der Waals surface area (Å²) in [6, 6.07) is 11.7. The van der Waals surface area contributed by atoms with Crippen LogP contribution in [0.2, 0.25) is 0 Å². The van der Waals surface area contributed by atoms with Crippen molar-refractivity contribution >= 4 is 27.3 Å². The van der Waals surface area contributed by atoms with Crippen LogP contribution in [0.3, 0.4) is 0 Å². The highest BCUT2D eigenvalue weighted by molar-refractivity contribution is 9.11. The number of unbranched alkanes of at least 4 members (excludes halogenated alkanes) is 1. The van der Waals surface area contributed by atoms with Gasteiger partial charge in [0, 0.05) is 4.88 Å². The third-order valence-electron chi connectivity index (χ3n) is 3.70. The van der Waals surface area contributed by atoms with E-state index < -0.39 is 0 Å². The first kappa shape index (κ1) is 16.7. The van der Waals surface area contributed by atoms with E-state index in [2.05, 4.69) is 72.3 Å². The standard InChI is InChI=1S/C18H24BrNS/c1-4-6-7-14-8-10-15(11-9-14)17(20-5-2)16-12-13(3)18(19)21-16/h8-12,17,20H,4-7H2,1-3H3. The molecule has 114 valence electrons. The highest BCUT2D eigenvalue weighted by Crippen LogP contribution is 2.34. The molecule has 0 saturated carbocycles. The van der Waals surface area contributed by atoms with Gasteiger partial charge in [0.2, 0.25) is 0 Å². The average molecular weight is 366 g/mol. The molecule has 1 aromatic carbocycles. The minimum Gasteiger partial charge on any atom is -0.306 e. The molecule has 2 aromatic rings. The van der Waals surface area contributed by atoms with Gasteiger partial charge in [-0.2, -0.15) is 0 Å². The van der Waals surface area contributed by atoms with E-state index in [0.717, 1.165) is 6.54 Å². The zero-order valence-electron chi connectivity index (χ0n) is 13.1. The highest BCUT2D eigenvalue weighted by Gasteiger charge is 2.16. The molecule has 1 heterocycles. The van der Waals surface area contributed by atoms with Crippen molar-refractivity contribution in [1.29, 1.82) is 0 Å². The van der Waals surface area contributed by atoms with Crippen LogP contribution in [0.15, 0.2) is 34.1 Å². The molecule has 0 aliphatic rings. The molecule has 0 amide bonds. The maximum atomic E-state index is 3.64. The Morgan fingerprint density at radius 2 is 1.90 bits per heavy atom. The van der Waals surface area contributed by atoms with Crippen LogP contribution in [-0.4, -0.2) is 6.54 Å². The Kier molecular flexibility index (Phi) is 6.46. The maximum absolute atomic E-state index is 3.64. The van der Waals surface area contributed by atoms with E-state index in [1.165, 1.54) is 44.6 Å². The lowest BCUT2D eigenvalue weighted by molar-refractivity contribution is 0.639. The summed E-state index contributed by atoms with van der Waals surface area (Å²) in [6.07, 6.45) is 3.71. The molecule has 1 unspecified atom stereocenters. The average Bonchev–Trinajstić information content (AvgIpc) is 2.82. The number of rotatable bonds is 7. The topological polar surface area (TPSA) is 12.0 Å². The van der Waals surface area contributed by atoms with E-state index in [1.54, 1.807) is 0 Å². The second kappa shape index (κ2) is 8.11. The molecule has 1 atom stereocenters. The molecule has 2 rings (SSSR count). The number of hydrogen-bond donors (Lipinski definition) is 1. The van der Waals surface area contributed by atoms with Gasteiger partial charge >= 0.3 is 0 Å². The van der Waals surface area contributed by atoms with E-state index in [-0.39, 0.29) is 0 Å². The first-order chi connectivity index (χ1) is 10.2. The van der Waals surface area contributed by atoms with Crippen molar-refractivity contribution in [3.05, 3.63) is 55.7 Å². The summed E-state index contributed by atoms with van der Waals surface area (Å²) in [5, 5.41) is 3.61. The fourth-order valence-corrected chi connectivity index (χ4v) is 4.15. The van der Waals surface area contributed by atoms with E-state index >= 15 is 0 Å². The summed E-state index contributed by atoms with van der Waals surface area (Å²) < 4.78 is 1.24. The van der Waals surface area contributed by atoms with Gasteiger partial charge < -0.3 is 5.32 Å². The molecule has 0 fully saturated rings. The van der Waals surface area contributed by atoms with Crippen LogP contribution in [0.4, 0.5) is 0 Å². The molecule has 0 spiro atoms. The summed E-state index contributed by atoms with van der Waals surface area (Å²) >= 11 is 5.47. The van der Waals surface area contributed by atoms with Crippen molar-refractivity contribution in [3.8, 4) is 0 Å². The third-order valence-corrected chi connectivity index (χ3v) is 5.90. The molecule has 1 nitrogen and oxygen atoms in total. The second-order valence-corrected chi connectivity index (χ2v) is 7.84. The Bertz CT molecular complexity index is 540. The predicted molar refractivity (Wildman–Crippen MR) is 97.3 cm³/mol. The van der Waals surface area contributed by atoms with Crippen molar-refractivity contribution in [2.45, 2.75) is 46.1 Å². The quantitative estimate of drug-likeness (QED) is 0.647. The Balaban J connectivity index is 2.21. The normalized spacial score (nSPS) is 12.6. The Labute approximate surface area is 140 Å². The van der Waals surface area contributed by atoms with Crippen LogP contribution >= 0.6 is 27.3 Å². The molecule has 0 aliphatic heterocycles. The van der Waals surface area contributed by atoms with Crippen molar-refractivity contribution in [2.75, 3.05) is 6.54 Å². The Morgan fingerprint density at radius 3 is 2.43 bits per heavy atom. The van der Waals surface area contributed by atoms with Crippen LogP contribution in [-0.2, 0) is 6.42 Å². The molecule has 0 radical (unpaired) electrons. The van der Waals surface area contributed by atoms with Crippen LogP contribution in [0.5, 0.6) is 0 Å². The van der Waals surface area contributed by atoms with Crippen molar-refractivity contribution in [3.63, 3.8) is 0 Å². The molecular formula is C18H24BrNS. The van der Waals surface area contributed by atoms with Crippen molar-refractivity contribution < 1.29 is 0 Å².